The Morgan fingerprint density at radius 1 is 1.59 bits per heavy atom. The van der Waals surface area contributed by atoms with Crippen molar-refractivity contribution in [1.82, 2.24) is 5.32 Å². The van der Waals surface area contributed by atoms with Crippen molar-refractivity contribution in [2.24, 2.45) is 0 Å². The minimum atomic E-state index is -0.455. The van der Waals surface area contributed by atoms with Gasteiger partial charge in [-0.1, -0.05) is 37.1 Å². The molecule has 4 heteroatoms. The fourth-order valence-electron chi connectivity index (χ4n) is 1.52. The summed E-state index contributed by atoms with van der Waals surface area (Å²) in [6.45, 7) is 3.81. The van der Waals surface area contributed by atoms with Crippen molar-refractivity contribution in [3.63, 3.8) is 0 Å². The lowest BCUT2D eigenvalue weighted by atomic mass is 10.1. The maximum absolute atomic E-state index is 11.9. The molecule has 0 saturated carbocycles. The number of carbonyl (C=O) groups is 1. The number of nitrogens with zero attached hydrogens (tertiary/aromatic N) is 1. The molecule has 0 aliphatic heterocycles. The SMILES string of the molecule is CCCC(C#N)NC(=O)c1cccc(C)c1Cl. The van der Waals surface area contributed by atoms with Crippen LogP contribution in [0, 0.1) is 18.3 Å². The summed E-state index contributed by atoms with van der Waals surface area (Å²) in [7, 11) is 0. The number of halogens is 1. The zero-order chi connectivity index (χ0) is 12.8. The Morgan fingerprint density at radius 3 is 2.88 bits per heavy atom. The van der Waals surface area contributed by atoms with E-state index in [4.69, 9.17) is 16.9 Å². The molecule has 1 amide bonds. The van der Waals surface area contributed by atoms with E-state index in [2.05, 4.69) is 11.4 Å². The molecular weight excluding hydrogens is 236 g/mol. The van der Waals surface area contributed by atoms with Gasteiger partial charge in [-0.3, -0.25) is 4.79 Å². The quantitative estimate of drug-likeness (QED) is 0.893. The van der Waals surface area contributed by atoms with E-state index in [-0.39, 0.29) is 5.91 Å². The molecule has 0 saturated heterocycles. The zero-order valence-corrected chi connectivity index (χ0v) is 10.7. The van der Waals surface area contributed by atoms with Gasteiger partial charge in [-0.2, -0.15) is 5.26 Å². The van der Waals surface area contributed by atoms with E-state index in [0.29, 0.717) is 17.0 Å². The lowest BCUT2D eigenvalue weighted by Crippen LogP contribution is -2.33. The molecule has 1 aromatic carbocycles. The molecule has 0 fully saturated rings. The standard InChI is InChI=1S/C13H15ClN2O/c1-3-5-10(8-15)16-13(17)11-7-4-6-9(2)12(11)14/h4,6-7,10H,3,5H2,1-2H3,(H,16,17). The van der Waals surface area contributed by atoms with Crippen LogP contribution in [0.15, 0.2) is 18.2 Å². The minimum Gasteiger partial charge on any atom is -0.336 e. The number of carbonyl (C=O) groups excluding carboxylic acids is 1. The van der Waals surface area contributed by atoms with Gasteiger partial charge >= 0.3 is 0 Å². The van der Waals surface area contributed by atoms with Gasteiger partial charge in [0.2, 0.25) is 0 Å². The Hall–Kier alpha value is -1.53. The maximum atomic E-state index is 11.9. The highest BCUT2D eigenvalue weighted by Crippen LogP contribution is 2.20. The average Bonchev–Trinajstić information content (AvgIpc) is 2.31. The molecular formula is C13H15ClN2O. The summed E-state index contributed by atoms with van der Waals surface area (Å²) >= 11 is 6.05. The molecule has 0 aliphatic rings. The Kier molecular flexibility index (Phi) is 4.99. The van der Waals surface area contributed by atoms with E-state index in [0.717, 1.165) is 12.0 Å². The smallest absolute Gasteiger partial charge is 0.253 e. The van der Waals surface area contributed by atoms with Crippen LogP contribution in [0.5, 0.6) is 0 Å². The molecule has 1 rings (SSSR count). The lowest BCUT2D eigenvalue weighted by Gasteiger charge is -2.12. The van der Waals surface area contributed by atoms with E-state index < -0.39 is 6.04 Å². The number of amides is 1. The first-order chi connectivity index (χ1) is 8.10. The predicted octanol–water partition coefficient (Wildman–Crippen LogP) is 3.07. The van der Waals surface area contributed by atoms with Crippen molar-refractivity contribution in [2.45, 2.75) is 32.7 Å². The van der Waals surface area contributed by atoms with Gasteiger partial charge in [0, 0.05) is 0 Å². The summed E-state index contributed by atoms with van der Waals surface area (Å²) in [4.78, 5) is 11.9. The number of rotatable bonds is 4. The number of aryl methyl sites for hydroxylation is 1. The fraction of sp³-hybridized carbons (Fsp3) is 0.385. The normalized spacial score (nSPS) is 11.6. The number of nitrogens with one attached hydrogen (secondary N) is 1. The summed E-state index contributed by atoms with van der Waals surface area (Å²) in [5.74, 6) is -0.293. The lowest BCUT2D eigenvalue weighted by molar-refractivity contribution is 0.0944. The molecule has 0 radical (unpaired) electrons. The first-order valence-corrected chi connectivity index (χ1v) is 5.93. The highest BCUT2D eigenvalue weighted by atomic mass is 35.5. The predicted molar refractivity (Wildman–Crippen MR) is 68.0 cm³/mol. The molecule has 0 heterocycles. The van der Waals surface area contributed by atoms with Gasteiger partial charge < -0.3 is 5.32 Å². The van der Waals surface area contributed by atoms with Crippen LogP contribution < -0.4 is 5.32 Å². The highest BCUT2D eigenvalue weighted by Gasteiger charge is 2.15. The van der Waals surface area contributed by atoms with Crippen LogP contribution in [-0.2, 0) is 0 Å². The van der Waals surface area contributed by atoms with E-state index in [1.54, 1.807) is 12.1 Å². The Morgan fingerprint density at radius 2 is 2.29 bits per heavy atom. The van der Waals surface area contributed by atoms with Crippen LogP contribution in [0.3, 0.4) is 0 Å². The van der Waals surface area contributed by atoms with Crippen LogP contribution in [0.25, 0.3) is 0 Å². The molecule has 90 valence electrons. The molecule has 0 aliphatic carbocycles. The van der Waals surface area contributed by atoms with Gasteiger partial charge in [0.05, 0.1) is 16.7 Å². The van der Waals surface area contributed by atoms with E-state index >= 15 is 0 Å². The van der Waals surface area contributed by atoms with Crippen molar-refractivity contribution in [3.8, 4) is 6.07 Å². The number of nitriles is 1. The minimum absolute atomic E-state index is 0.293. The third kappa shape index (κ3) is 3.47. The van der Waals surface area contributed by atoms with Crippen LogP contribution in [0.1, 0.15) is 35.7 Å². The Balaban J connectivity index is 2.83. The average molecular weight is 251 g/mol. The summed E-state index contributed by atoms with van der Waals surface area (Å²) in [6.07, 6.45) is 1.49. The topological polar surface area (TPSA) is 52.9 Å². The van der Waals surface area contributed by atoms with Gasteiger partial charge in [0.15, 0.2) is 0 Å². The molecule has 1 atom stereocenters. The van der Waals surface area contributed by atoms with E-state index in [1.165, 1.54) is 0 Å². The van der Waals surface area contributed by atoms with Crippen molar-refractivity contribution >= 4 is 17.5 Å². The van der Waals surface area contributed by atoms with Crippen molar-refractivity contribution in [3.05, 3.63) is 34.3 Å². The molecule has 1 aromatic rings. The molecule has 0 bridgehead atoms. The number of benzene rings is 1. The van der Waals surface area contributed by atoms with Gasteiger partial charge in [0.25, 0.3) is 5.91 Å². The van der Waals surface area contributed by atoms with Crippen LogP contribution >= 0.6 is 11.6 Å². The van der Waals surface area contributed by atoms with Crippen LogP contribution in [0.4, 0.5) is 0 Å². The van der Waals surface area contributed by atoms with E-state index in [9.17, 15) is 4.79 Å². The first-order valence-electron chi connectivity index (χ1n) is 5.55. The number of hydrogen-bond acceptors (Lipinski definition) is 2. The Labute approximate surface area is 106 Å². The molecule has 17 heavy (non-hydrogen) atoms. The highest BCUT2D eigenvalue weighted by molar-refractivity contribution is 6.34. The summed E-state index contributed by atoms with van der Waals surface area (Å²) < 4.78 is 0. The van der Waals surface area contributed by atoms with Gasteiger partial charge in [-0.05, 0) is 25.0 Å². The van der Waals surface area contributed by atoms with Crippen molar-refractivity contribution < 1.29 is 4.79 Å². The fourth-order valence-corrected chi connectivity index (χ4v) is 1.73. The summed E-state index contributed by atoms with van der Waals surface area (Å²) in [6, 6.07) is 6.88. The molecule has 1 N–H and O–H groups in total. The van der Waals surface area contributed by atoms with Crippen molar-refractivity contribution in [1.29, 1.82) is 5.26 Å². The van der Waals surface area contributed by atoms with Crippen LogP contribution in [0.2, 0.25) is 5.02 Å². The molecule has 3 nitrogen and oxygen atoms in total. The van der Waals surface area contributed by atoms with Crippen LogP contribution in [-0.4, -0.2) is 11.9 Å². The van der Waals surface area contributed by atoms with Crippen molar-refractivity contribution in [2.75, 3.05) is 0 Å². The number of hydrogen-bond donors (Lipinski definition) is 1. The molecule has 1 unspecified atom stereocenters. The van der Waals surface area contributed by atoms with Gasteiger partial charge in [-0.25, -0.2) is 0 Å². The summed E-state index contributed by atoms with van der Waals surface area (Å²) in [5.41, 5.74) is 1.27. The Bertz CT molecular complexity index is 451. The summed E-state index contributed by atoms with van der Waals surface area (Å²) in [5, 5.41) is 12.0. The maximum Gasteiger partial charge on any atom is 0.253 e. The monoisotopic (exact) mass is 250 g/mol. The van der Waals surface area contributed by atoms with E-state index in [1.807, 2.05) is 19.9 Å². The third-order valence-corrected chi connectivity index (χ3v) is 2.98. The largest absolute Gasteiger partial charge is 0.336 e. The van der Waals surface area contributed by atoms with Gasteiger partial charge in [0.1, 0.15) is 6.04 Å². The second kappa shape index (κ2) is 6.27. The molecule has 0 spiro atoms. The second-order valence-electron chi connectivity index (χ2n) is 3.88. The van der Waals surface area contributed by atoms with Gasteiger partial charge in [-0.15, -0.1) is 0 Å². The third-order valence-electron chi connectivity index (χ3n) is 2.47. The zero-order valence-electron chi connectivity index (χ0n) is 9.96. The first kappa shape index (κ1) is 13.5. The second-order valence-corrected chi connectivity index (χ2v) is 4.26. The molecule has 0 aromatic heterocycles.